The molecule has 0 spiro atoms. The molecule has 3 aliphatic rings. The van der Waals surface area contributed by atoms with E-state index in [1.807, 2.05) is 30.5 Å². The number of quaternary nitrogens is 1. The lowest BCUT2D eigenvalue weighted by atomic mass is 9.71. The van der Waals surface area contributed by atoms with Crippen LogP contribution in [0.4, 0.5) is 0 Å². The summed E-state index contributed by atoms with van der Waals surface area (Å²) >= 11 is 3.75. The molecule has 0 unspecified atom stereocenters. The maximum Gasteiger partial charge on any atom is 0.131 e. The van der Waals surface area contributed by atoms with Crippen molar-refractivity contribution in [2.75, 3.05) is 13.1 Å². The first kappa shape index (κ1) is 22.7. The number of pyridine rings is 1. The van der Waals surface area contributed by atoms with Crippen LogP contribution in [0.1, 0.15) is 30.1 Å². The standard InChI is InChI=1S/C26H28BrN2O.BrH/c1-2-18-16-29(17-20-7-3-5-9-23(20)27)14-12-19(18)15-25(29)26(30)22-11-13-28-24-10-6-4-8-21(22)24;/h2-11,13,18-19,25-26,30H,1,12,14-17H2;1H/q+1;/p-1/t18-,19-,25+,26-,29-;/m0./s1. The topological polar surface area (TPSA) is 33.1 Å². The normalized spacial score (nSPS) is 28.1. The third-order valence-corrected chi connectivity index (χ3v) is 8.26. The summed E-state index contributed by atoms with van der Waals surface area (Å²) in [5.41, 5.74) is 3.28. The number of hydrogen-bond acceptors (Lipinski definition) is 2. The van der Waals surface area contributed by atoms with E-state index in [1.54, 1.807) is 0 Å². The van der Waals surface area contributed by atoms with Crippen molar-refractivity contribution in [2.24, 2.45) is 11.8 Å². The van der Waals surface area contributed by atoms with Crippen LogP contribution in [0.2, 0.25) is 0 Å². The summed E-state index contributed by atoms with van der Waals surface area (Å²) in [5, 5.41) is 12.8. The maximum atomic E-state index is 11.8. The van der Waals surface area contributed by atoms with Gasteiger partial charge in [0.15, 0.2) is 0 Å². The zero-order valence-electron chi connectivity index (χ0n) is 17.5. The number of piperidine rings is 3. The molecular weight excluding hydrogens is 516 g/mol. The van der Waals surface area contributed by atoms with Gasteiger partial charge in [0.05, 0.1) is 18.6 Å². The molecule has 4 heterocycles. The van der Waals surface area contributed by atoms with Gasteiger partial charge in [-0.3, -0.25) is 4.98 Å². The van der Waals surface area contributed by atoms with E-state index in [9.17, 15) is 5.11 Å². The molecule has 3 nitrogen and oxygen atoms in total. The molecule has 5 atom stereocenters. The average molecular weight is 544 g/mol. The van der Waals surface area contributed by atoms with Crippen LogP contribution >= 0.6 is 15.9 Å². The predicted molar refractivity (Wildman–Crippen MR) is 125 cm³/mol. The van der Waals surface area contributed by atoms with E-state index in [1.165, 1.54) is 12.0 Å². The van der Waals surface area contributed by atoms with Gasteiger partial charge in [-0.1, -0.05) is 58.4 Å². The number of aliphatic hydroxyl groups is 1. The second kappa shape index (κ2) is 9.14. The van der Waals surface area contributed by atoms with Crippen LogP contribution in [-0.2, 0) is 6.54 Å². The lowest BCUT2D eigenvalue weighted by molar-refractivity contribution is -0.985. The van der Waals surface area contributed by atoms with Gasteiger partial charge >= 0.3 is 0 Å². The third-order valence-electron chi connectivity index (χ3n) is 7.48. The molecule has 1 N–H and O–H groups in total. The molecule has 2 aromatic carbocycles. The number of aliphatic hydroxyl groups excluding tert-OH is 1. The lowest BCUT2D eigenvalue weighted by Crippen LogP contribution is -3.00. The molecule has 31 heavy (non-hydrogen) atoms. The van der Waals surface area contributed by atoms with E-state index in [0.29, 0.717) is 11.8 Å². The van der Waals surface area contributed by atoms with Crippen LogP contribution < -0.4 is 17.0 Å². The van der Waals surface area contributed by atoms with Crippen molar-refractivity contribution in [3.8, 4) is 0 Å². The predicted octanol–water partition coefficient (Wildman–Crippen LogP) is 2.65. The zero-order valence-corrected chi connectivity index (χ0v) is 20.7. The Morgan fingerprint density at radius 2 is 1.94 bits per heavy atom. The average Bonchev–Trinajstić information content (AvgIpc) is 2.79. The third kappa shape index (κ3) is 4.02. The summed E-state index contributed by atoms with van der Waals surface area (Å²) in [7, 11) is 0. The molecule has 5 heteroatoms. The molecule has 0 radical (unpaired) electrons. The Balaban J connectivity index is 0.00000231. The first-order chi connectivity index (χ1) is 14.6. The molecule has 3 aliphatic heterocycles. The minimum absolute atomic E-state index is 0. The van der Waals surface area contributed by atoms with Crippen molar-refractivity contribution in [2.45, 2.75) is 31.5 Å². The van der Waals surface area contributed by atoms with E-state index >= 15 is 0 Å². The second-order valence-corrected chi connectivity index (χ2v) is 9.84. The van der Waals surface area contributed by atoms with Crippen LogP contribution in [0, 0.1) is 11.8 Å². The van der Waals surface area contributed by atoms with Crippen LogP contribution in [0.3, 0.4) is 0 Å². The number of para-hydroxylation sites is 1. The van der Waals surface area contributed by atoms with Crippen molar-refractivity contribution < 1.29 is 26.6 Å². The van der Waals surface area contributed by atoms with Gasteiger partial charge in [-0.05, 0) is 29.7 Å². The quantitative estimate of drug-likeness (QED) is 0.396. The molecule has 3 fully saturated rings. The molecule has 3 aromatic rings. The number of nitrogens with zero attached hydrogens (tertiary/aromatic N) is 2. The molecule has 1 aromatic heterocycles. The zero-order chi connectivity index (χ0) is 20.7. The molecule has 162 valence electrons. The van der Waals surface area contributed by atoms with Gasteiger partial charge in [-0.2, -0.15) is 0 Å². The minimum atomic E-state index is -0.506. The Kier molecular flexibility index (Phi) is 6.68. The van der Waals surface area contributed by atoms with Gasteiger partial charge in [0, 0.05) is 40.4 Å². The fourth-order valence-electron chi connectivity index (χ4n) is 5.93. The summed E-state index contributed by atoms with van der Waals surface area (Å²) in [4.78, 5) is 4.50. The number of benzene rings is 2. The molecular formula is C26H28Br2N2O. The largest absolute Gasteiger partial charge is 1.00 e. The number of halogens is 2. The van der Waals surface area contributed by atoms with E-state index < -0.39 is 6.10 Å². The van der Waals surface area contributed by atoms with Crippen LogP contribution in [0.15, 0.2) is 77.9 Å². The fourth-order valence-corrected chi connectivity index (χ4v) is 6.34. The lowest BCUT2D eigenvalue weighted by Gasteiger charge is -2.58. The minimum Gasteiger partial charge on any atom is -1.00 e. The highest BCUT2D eigenvalue weighted by Crippen LogP contribution is 2.48. The van der Waals surface area contributed by atoms with Crippen LogP contribution in [-0.4, -0.2) is 33.7 Å². The molecule has 0 aliphatic carbocycles. The van der Waals surface area contributed by atoms with Crippen LogP contribution in [0.25, 0.3) is 10.9 Å². The van der Waals surface area contributed by atoms with Gasteiger partial charge in [-0.25, -0.2) is 0 Å². The van der Waals surface area contributed by atoms with Gasteiger partial charge in [0.2, 0.25) is 0 Å². The number of aromatic nitrogens is 1. The Morgan fingerprint density at radius 3 is 2.74 bits per heavy atom. The van der Waals surface area contributed by atoms with E-state index in [2.05, 4.69) is 63.9 Å². The number of fused-ring (bicyclic) bond motifs is 4. The van der Waals surface area contributed by atoms with Gasteiger partial charge in [-0.15, -0.1) is 6.58 Å². The Morgan fingerprint density at radius 1 is 1.16 bits per heavy atom. The highest BCUT2D eigenvalue weighted by Gasteiger charge is 2.54. The molecule has 0 saturated carbocycles. The number of rotatable bonds is 5. The monoisotopic (exact) mass is 542 g/mol. The van der Waals surface area contributed by atoms with E-state index in [4.69, 9.17) is 0 Å². The molecule has 2 bridgehead atoms. The second-order valence-electron chi connectivity index (χ2n) is 8.99. The Hall–Kier alpha value is -1.53. The molecule has 0 amide bonds. The summed E-state index contributed by atoms with van der Waals surface area (Å²) < 4.78 is 2.08. The fraction of sp³-hybridized carbons (Fsp3) is 0.346. The van der Waals surface area contributed by atoms with Crippen molar-refractivity contribution in [3.63, 3.8) is 0 Å². The summed E-state index contributed by atoms with van der Waals surface area (Å²) in [6, 6.07) is 18.9. The first-order valence-electron chi connectivity index (χ1n) is 10.8. The van der Waals surface area contributed by atoms with Gasteiger partial charge in [0.25, 0.3) is 0 Å². The van der Waals surface area contributed by atoms with Gasteiger partial charge in [0.1, 0.15) is 18.7 Å². The smallest absolute Gasteiger partial charge is 0.131 e. The highest BCUT2D eigenvalue weighted by molar-refractivity contribution is 9.10. The van der Waals surface area contributed by atoms with Crippen molar-refractivity contribution >= 4 is 26.8 Å². The first-order valence-corrected chi connectivity index (χ1v) is 11.6. The molecule has 3 saturated heterocycles. The highest BCUT2D eigenvalue weighted by atomic mass is 79.9. The van der Waals surface area contributed by atoms with E-state index in [0.717, 1.165) is 51.5 Å². The number of hydrogen-bond donors (Lipinski definition) is 1. The SMILES string of the molecule is C=C[C@H]1C[N@+]2(Cc3ccccc3Br)CC[C@H]1C[C@@H]2[C@@H](O)c1ccnc2ccccc12.[Br-]. The van der Waals surface area contributed by atoms with Crippen molar-refractivity contribution in [1.82, 2.24) is 4.98 Å². The molecule has 6 rings (SSSR count). The van der Waals surface area contributed by atoms with Crippen molar-refractivity contribution in [3.05, 3.63) is 89.0 Å². The summed E-state index contributed by atoms with van der Waals surface area (Å²) in [5.74, 6) is 1.15. The van der Waals surface area contributed by atoms with Crippen LogP contribution in [0.5, 0.6) is 0 Å². The maximum absolute atomic E-state index is 11.8. The summed E-state index contributed by atoms with van der Waals surface area (Å²) in [6.45, 7) is 7.24. The Bertz CT molecular complexity index is 1080. The summed E-state index contributed by atoms with van der Waals surface area (Å²) in [6.07, 6.45) is 5.73. The Labute approximate surface area is 203 Å². The van der Waals surface area contributed by atoms with Gasteiger partial charge < -0.3 is 26.6 Å². The van der Waals surface area contributed by atoms with Crippen molar-refractivity contribution in [1.29, 1.82) is 0 Å². The van der Waals surface area contributed by atoms with E-state index in [-0.39, 0.29) is 23.0 Å².